The molecule has 0 atom stereocenters. The fourth-order valence-electron chi connectivity index (χ4n) is 8.87. The van der Waals surface area contributed by atoms with Crippen molar-refractivity contribution in [2.75, 3.05) is 0 Å². The number of hydrogen-bond acceptors (Lipinski definition) is 4. The maximum atomic E-state index is 6.39. The Kier molecular flexibility index (Phi) is 7.82. The van der Waals surface area contributed by atoms with Crippen LogP contribution in [-0.2, 0) is 0 Å². The van der Waals surface area contributed by atoms with Gasteiger partial charge in [0.1, 0.15) is 22.3 Å². The highest BCUT2D eigenvalue weighted by Crippen LogP contribution is 2.42. The summed E-state index contributed by atoms with van der Waals surface area (Å²) in [4.78, 5) is 10.5. The monoisotopic (exact) mass is 766 g/mol. The lowest BCUT2D eigenvalue weighted by Crippen LogP contribution is -1.97. The van der Waals surface area contributed by atoms with Crippen molar-refractivity contribution in [1.29, 1.82) is 0 Å². The molecule has 0 radical (unpaired) electrons. The van der Waals surface area contributed by atoms with Crippen molar-refractivity contribution < 1.29 is 8.83 Å². The van der Waals surface area contributed by atoms with Crippen LogP contribution >= 0.6 is 0 Å². The van der Waals surface area contributed by atoms with Crippen molar-refractivity contribution in [1.82, 2.24) is 9.97 Å². The van der Waals surface area contributed by atoms with E-state index in [4.69, 9.17) is 18.8 Å². The van der Waals surface area contributed by atoms with E-state index in [0.29, 0.717) is 5.82 Å². The van der Waals surface area contributed by atoms with Gasteiger partial charge in [-0.15, -0.1) is 0 Å². The van der Waals surface area contributed by atoms with Gasteiger partial charge in [-0.05, 0) is 92.7 Å². The van der Waals surface area contributed by atoms with Gasteiger partial charge in [0.25, 0.3) is 0 Å². The van der Waals surface area contributed by atoms with Crippen molar-refractivity contribution in [2.24, 2.45) is 0 Å². The summed E-state index contributed by atoms with van der Waals surface area (Å²) >= 11 is 0. The highest BCUT2D eigenvalue weighted by Gasteiger charge is 2.18. The van der Waals surface area contributed by atoms with Crippen molar-refractivity contribution in [3.63, 3.8) is 0 Å². The zero-order chi connectivity index (χ0) is 39.6. The normalized spacial score (nSPS) is 11.7. The van der Waals surface area contributed by atoms with Gasteiger partial charge in [0, 0.05) is 38.2 Å². The molecule has 9 aromatic carbocycles. The third-order valence-corrected chi connectivity index (χ3v) is 11.7. The van der Waals surface area contributed by atoms with Crippen LogP contribution in [0.25, 0.3) is 122 Å². The molecule has 4 heteroatoms. The molecule has 0 unspecified atom stereocenters. The molecular formula is C56H34N2O2. The number of nitrogens with zero attached hydrogens (tertiary/aromatic N) is 2. The topological polar surface area (TPSA) is 52.1 Å². The van der Waals surface area contributed by atoms with E-state index in [9.17, 15) is 0 Å². The Morgan fingerprint density at radius 3 is 1.50 bits per heavy atom. The van der Waals surface area contributed by atoms with E-state index in [1.807, 2.05) is 48.5 Å². The van der Waals surface area contributed by atoms with Gasteiger partial charge in [0.15, 0.2) is 5.82 Å². The highest BCUT2D eigenvalue weighted by atomic mass is 16.3. The Morgan fingerprint density at radius 1 is 0.283 bits per heavy atom. The zero-order valence-electron chi connectivity index (χ0n) is 32.3. The minimum Gasteiger partial charge on any atom is -0.456 e. The molecule has 3 aromatic heterocycles. The molecule has 12 aromatic rings. The van der Waals surface area contributed by atoms with Gasteiger partial charge in [-0.1, -0.05) is 158 Å². The van der Waals surface area contributed by atoms with Gasteiger partial charge < -0.3 is 8.83 Å². The number of fused-ring (bicyclic) bond motifs is 7. The van der Waals surface area contributed by atoms with Crippen LogP contribution in [0, 0.1) is 0 Å². The maximum absolute atomic E-state index is 6.39. The van der Waals surface area contributed by atoms with Gasteiger partial charge in [-0.2, -0.15) is 0 Å². The molecule has 60 heavy (non-hydrogen) atoms. The van der Waals surface area contributed by atoms with Crippen LogP contribution in [0.4, 0.5) is 0 Å². The number of rotatable bonds is 6. The summed E-state index contributed by atoms with van der Waals surface area (Å²) in [6, 6.07) is 72.2. The second-order valence-corrected chi connectivity index (χ2v) is 15.3. The van der Waals surface area contributed by atoms with E-state index >= 15 is 0 Å². The minimum absolute atomic E-state index is 0.677. The maximum Gasteiger partial charge on any atom is 0.160 e. The first-order valence-corrected chi connectivity index (χ1v) is 20.2. The summed E-state index contributed by atoms with van der Waals surface area (Å²) in [6.45, 7) is 0. The standard InChI is InChI=1S/C56H34N2O2/c1-2-14-38(15-3-1)56-57-48(34-49(58-56)45-22-10-16-36-13-4-5-17-42(36)45)41-32-39(31-40(33-41)44-21-12-26-53-55(44)47-19-7-9-24-51(47)60-53)35-27-29-37(30-28-35)43-20-11-25-52-54(43)46-18-6-8-23-50(46)59-52/h1-34H. The quantitative estimate of drug-likeness (QED) is 0.169. The van der Waals surface area contributed by atoms with E-state index in [0.717, 1.165) is 111 Å². The molecule has 4 nitrogen and oxygen atoms in total. The summed E-state index contributed by atoms with van der Waals surface area (Å²) in [6.07, 6.45) is 0. The van der Waals surface area contributed by atoms with Crippen LogP contribution in [-0.4, -0.2) is 9.97 Å². The van der Waals surface area contributed by atoms with Crippen molar-refractivity contribution in [3.8, 4) is 67.3 Å². The van der Waals surface area contributed by atoms with Gasteiger partial charge in [-0.3, -0.25) is 0 Å². The average molecular weight is 767 g/mol. The number of benzene rings is 9. The van der Waals surface area contributed by atoms with Gasteiger partial charge in [-0.25, -0.2) is 9.97 Å². The van der Waals surface area contributed by atoms with E-state index in [1.54, 1.807) is 0 Å². The number of aromatic nitrogens is 2. The van der Waals surface area contributed by atoms with Crippen LogP contribution < -0.4 is 0 Å². The molecule has 0 fully saturated rings. The summed E-state index contributed by atoms with van der Waals surface area (Å²) < 4.78 is 12.6. The van der Waals surface area contributed by atoms with Gasteiger partial charge in [0.05, 0.1) is 11.4 Å². The average Bonchev–Trinajstić information content (AvgIpc) is 3.90. The lowest BCUT2D eigenvalue weighted by molar-refractivity contribution is 0.668. The first kappa shape index (κ1) is 34.0. The van der Waals surface area contributed by atoms with Crippen LogP contribution in [0.15, 0.2) is 215 Å². The molecule has 0 N–H and O–H groups in total. The Labute approximate surface area is 345 Å². The van der Waals surface area contributed by atoms with Crippen LogP contribution in [0.2, 0.25) is 0 Å². The fraction of sp³-hybridized carbons (Fsp3) is 0. The third-order valence-electron chi connectivity index (χ3n) is 11.7. The molecule has 12 rings (SSSR count). The summed E-state index contributed by atoms with van der Waals surface area (Å²) in [7, 11) is 0. The Morgan fingerprint density at radius 2 is 0.783 bits per heavy atom. The predicted molar refractivity (Wildman–Crippen MR) is 247 cm³/mol. The molecule has 0 aliphatic heterocycles. The molecule has 0 amide bonds. The van der Waals surface area contributed by atoms with Crippen molar-refractivity contribution in [2.45, 2.75) is 0 Å². The molecule has 0 aliphatic rings. The van der Waals surface area contributed by atoms with Crippen LogP contribution in [0.1, 0.15) is 0 Å². The fourth-order valence-corrected chi connectivity index (χ4v) is 8.87. The minimum atomic E-state index is 0.677. The van der Waals surface area contributed by atoms with E-state index < -0.39 is 0 Å². The molecule has 280 valence electrons. The largest absolute Gasteiger partial charge is 0.456 e. The number of hydrogen-bond donors (Lipinski definition) is 0. The van der Waals surface area contributed by atoms with Gasteiger partial charge >= 0.3 is 0 Å². The summed E-state index contributed by atoms with van der Waals surface area (Å²) in [5.74, 6) is 0.677. The first-order chi connectivity index (χ1) is 29.7. The third kappa shape index (κ3) is 5.69. The second-order valence-electron chi connectivity index (χ2n) is 15.3. The first-order valence-electron chi connectivity index (χ1n) is 20.2. The van der Waals surface area contributed by atoms with Crippen molar-refractivity contribution in [3.05, 3.63) is 206 Å². The molecular weight excluding hydrogens is 733 g/mol. The molecule has 0 bridgehead atoms. The predicted octanol–water partition coefficient (Wildman–Crippen LogP) is 15.4. The van der Waals surface area contributed by atoms with Crippen molar-refractivity contribution >= 4 is 54.6 Å². The van der Waals surface area contributed by atoms with Crippen LogP contribution in [0.3, 0.4) is 0 Å². The number of furan rings is 2. The van der Waals surface area contributed by atoms with E-state index in [1.165, 1.54) is 5.39 Å². The molecule has 0 aliphatic carbocycles. The molecule has 0 saturated heterocycles. The Balaban J connectivity index is 1.07. The Bertz CT molecular complexity index is 3590. The molecule has 3 heterocycles. The molecule has 0 spiro atoms. The zero-order valence-corrected chi connectivity index (χ0v) is 32.3. The SMILES string of the molecule is c1ccc(-c2nc(-c3cc(-c4ccc(-c5cccc6oc7ccccc7c56)cc4)cc(-c4cccc5oc6ccccc6c45)c3)cc(-c3cccc4ccccc34)n2)cc1. The highest BCUT2D eigenvalue weighted by molar-refractivity contribution is 6.14. The van der Waals surface area contributed by atoms with E-state index in [-0.39, 0.29) is 0 Å². The lowest BCUT2D eigenvalue weighted by Gasteiger charge is -2.15. The van der Waals surface area contributed by atoms with Crippen LogP contribution in [0.5, 0.6) is 0 Å². The lowest BCUT2D eigenvalue weighted by atomic mass is 9.91. The summed E-state index contributed by atoms with van der Waals surface area (Å²) in [5.41, 5.74) is 14.9. The molecule has 0 saturated carbocycles. The van der Waals surface area contributed by atoms with Gasteiger partial charge in [0.2, 0.25) is 0 Å². The summed E-state index contributed by atoms with van der Waals surface area (Å²) in [5, 5.41) is 6.75. The smallest absolute Gasteiger partial charge is 0.160 e. The number of para-hydroxylation sites is 2. The second kappa shape index (κ2) is 13.8. The van der Waals surface area contributed by atoms with E-state index in [2.05, 4.69) is 158 Å². The Hall–Kier alpha value is -8.08.